The van der Waals surface area contributed by atoms with Crippen LogP contribution in [0.3, 0.4) is 0 Å². The van der Waals surface area contributed by atoms with E-state index in [4.69, 9.17) is 4.74 Å². The van der Waals surface area contributed by atoms with Crippen LogP contribution in [-0.2, 0) is 6.54 Å². The number of ether oxygens (including phenoxy) is 1. The zero-order valence-corrected chi connectivity index (χ0v) is 11.7. The van der Waals surface area contributed by atoms with Crippen LogP contribution in [0.1, 0.15) is 9.88 Å². The van der Waals surface area contributed by atoms with E-state index in [0.717, 1.165) is 36.1 Å². The smallest absolute Gasteiger partial charge is 0.142 e. The van der Waals surface area contributed by atoms with E-state index in [2.05, 4.69) is 15.6 Å². The van der Waals surface area contributed by atoms with Gasteiger partial charge in [0.25, 0.3) is 0 Å². The summed E-state index contributed by atoms with van der Waals surface area (Å²) in [6.07, 6.45) is 2.10. The summed E-state index contributed by atoms with van der Waals surface area (Å²) < 4.78 is 5.94. The lowest BCUT2D eigenvalue weighted by molar-refractivity contribution is 0.202. The van der Waals surface area contributed by atoms with Gasteiger partial charge in [0.05, 0.1) is 17.2 Å². The molecule has 0 saturated carbocycles. The summed E-state index contributed by atoms with van der Waals surface area (Å²) in [5.74, 6) is 0.939. The Morgan fingerprint density at radius 2 is 2.37 bits per heavy atom. The maximum Gasteiger partial charge on any atom is 0.142 e. The largest absolute Gasteiger partial charge is 0.485 e. The van der Waals surface area contributed by atoms with Gasteiger partial charge in [0.1, 0.15) is 11.9 Å². The van der Waals surface area contributed by atoms with Crippen LogP contribution in [0.2, 0.25) is 0 Å². The Hall–Kier alpha value is -1.59. The number of aromatic nitrogens is 1. The van der Waals surface area contributed by atoms with Crippen molar-refractivity contribution in [1.82, 2.24) is 10.3 Å². The van der Waals surface area contributed by atoms with Crippen molar-refractivity contribution in [2.75, 3.05) is 18.4 Å². The molecule has 0 spiro atoms. The van der Waals surface area contributed by atoms with Crippen molar-refractivity contribution in [2.45, 2.75) is 19.6 Å². The molecule has 3 rings (SSSR count). The minimum Gasteiger partial charge on any atom is -0.485 e. The van der Waals surface area contributed by atoms with Gasteiger partial charge in [0, 0.05) is 24.2 Å². The minimum atomic E-state index is 0.170. The van der Waals surface area contributed by atoms with Crippen molar-refractivity contribution in [3.63, 3.8) is 0 Å². The van der Waals surface area contributed by atoms with Crippen LogP contribution >= 0.6 is 11.3 Å². The first kappa shape index (κ1) is 12.4. The predicted molar refractivity (Wildman–Crippen MR) is 77.9 cm³/mol. The summed E-state index contributed by atoms with van der Waals surface area (Å²) in [5, 5.41) is 7.92. The van der Waals surface area contributed by atoms with Gasteiger partial charge < -0.3 is 15.4 Å². The van der Waals surface area contributed by atoms with Gasteiger partial charge in [0.15, 0.2) is 0 Å². The third kappa shape index (κ3) is 3.05. The first-order valence-electron chi connectivity index (χ1n) is 6.43. The first-order chi connectivity index (χ1) is 9.31. The summed E-state index contributed by atoms with van der Waals surface area (Å²) in [5.41, 5.74) is 1.08. The summed E-state index contributed by atoms with van der Waals surface area (Å²) in [4.78, 5) is 5.51. The van der Waals surface area contributed by atoms with Crippen LogP contribution in [-0.4, -0.2) is 24.2 Å². The average molecular weight is 275 g/mol. The zero-order chi connectivity index (χ0) is 13.1. The summed E-state index contributed by atoms with van der Waals surface area (Å²) >= 11 is 1.73. The highest BCUT2D eigenvalue weighted by atomic mass is 32.1. The molecule has 1 aromatic heterocycles. The summed E-state index contributed by atoms with van der Waals surface area (Å²) in [7, 11) is 0. The van der Waals surface area contributed by atoms with Crippen molar-refractivity contribution in [3.8, 4) is 5.75 Å². The quantitative estimate of drug-likeness (QED) is 0.899. The fourth-order valence-corrected chi connectivity index (χ4v) is 2.88. The third-order valence-electron chi connectivity index (χ3n) is 3.04. The molecule has 1 aromatic carbocycles. The maximum atomic E-state index is 5.94. The number of anilines is 1. The van der Waals surface area contributed by atoms with Gasteiger partial charge in [-0.2, -0.15) is 0 Å². The molecule has 0 aliphatic carbocycles. The Bertz CT molecular complexity index is 555. The lowest BCUT2D eigenvalue weighted by atomic mass is 10.2. The molecular weight excluding hydrogens is 258 g/mol. The van der Waals surface area contributed by atoms with E-state index in [9.17, 15) is 0 Å². The molecule has 2 heterocycles. The third-order valence-corrected chi connectivity index (χ3v) is 3.95. The molecule has 1 atom stereocenters. The van der Waals surface area contributed by atoms with E-state index in [1.54, 1.807) is 11.3 Å². The number of para-hydroxylation sites is 2. The van der Waals surface area contributed by atoms with Crippen LogP contribution in [0.15, 0.2) is 30.5 Å². The molecule has 2 N–H and O–H groups in total. The van der Waals surface area contributed by atoms with Gasteiger partial charge in [0.2, 0.25) is 0 Å². The SMILES string of the molecule is Cc1ncc(CNCC2CNc3ccccc3O2)s1. The zero-order valence-electron chi connectivity index (χ0n) is 10.8. The molecule has 1 unspecified atom stereocenters. The number of aryl methyl sites for hydroxylation is 1. The van der Waals surface area contributed by atoms with E-state index in [1.165, 1.54) is 4.88 Å². The highest BCUT2D eigenvalue weighted by molar-refractivity contribution is 7.11. The van der Waals surface area contributed by atoms with Gasteiger partial charge in [-0.05, 0) is 19.1 Å². The van der Waals surface area contributed by atoms with Crippen molar-refractivity contribution in [3.05, 3.63) is 40.3 Å². The molecule has 1 aliphatic rings. The van der Waals surface area contributed by atoms with Gasteiger partial charge in [-0.1, -0.05) is 12.1 Å². The van der Waals surface area contributed by atoms with Crippen LogP contribution in [0.25, 0.3) is 0 Å². The molecule has 0 radical (unpaired) electrons. The van der Waals surface area contributed by atoms with Gasteiger partial charge in [-0.3, -0.25) is 0 Å². The molecule has 5 heteroatoms. The number of hydrogen-bond acceptors (Lipinski definition) is 5. The second-order valence-corrected chi connectivity index (χ2v) is 5.91. The molecule has 2 aromatic rings. The van der Waals surface area contributed by atoms with Gasteiger partial charge in [-0.15, -0.1) is 11.3 Å². The van der Waals surface area contributed by atoms with Crippen LogP contribution in [0, 0.1) is 6.92 Å². The number of benzene rings is 1. The molecule has 100 valence electrons. The highest BCUT2D eigenvalue weighted by Gasteiger charge is 2.18. The van der Waals surface area contributed by atoms with E-state index in [-0.39, 0.29) is 6.10 Å². The van der Waals surface area contributed by atoms with Crippen LogP contribution < -0.4 is 15.4 Å². The Balaban J connectivity index is 1.50. The first-order valence-corrected chi connectivity index (χ1v) is 7.24. The lowest BCUT2D eigenvalue weighted by Crippen LogP contribution is -2.39. The minimum absolute atomic E-state index is 0.170. The molecule has 0 bridgehead atoms. The number of thiazole rings is 1. The fourth-order valence-electron chi connectivity index (χ4n) is 2.12. The molecule has 0 saturated heterocycles. The Kier molecular flexibility index (Phi) is 3.66. The monoisotopic (exact) mass is 275 g/mol. The Morgan fingerprint density at radius 1 is 1.47 bits per heavy atom. The van der Waals surface area contributed by atoms with Crippen molar-refractivity contribution < 1.29 is 4.74 Å². The fraction of sp³-hybridized carbons (Fsp3) is 0.357. The van der Waals surface area contributed by atoms with E-state index in [1.807, 2.05) is 37.4 Å². The van der Waals surface area contributed by atoms with Crippen molar-refractivity contribution >= 4 is 17.0 Å². The highest BCUT2D eigenvalue weighted by Crippen LogP contribution is 2.27. The van der Waals surface area contributed by atoms with E-state index >= 15 is 0 Å². The van der Waals surface area contributed by atoms with Crippen LogP contribution in [0.4, 0.5) is 5.69 Å². The molecule has 1 aliphatic heterocycles. The molecule has 0 amide bonds. The molecule has 0 fully saturated rings. The van der Waals surface area contributed by atoms with E-state index < -0.39 is 0 Å². The van der Waals surface area contributed by atoms with Gasteiger partial charge in [-0.25, -0.2) is 4.98 Å². The number of hydrogen-bond donors (Lipinski definition) is 2. The molecule has 19 heavy (non-hydrogen) atoms. The van der Waals surface area contributed by atoms with Crippen molar-refractivity contribution in [2.24, 2.45) is 0 Å². The van der Waals surface area contributed by atoms with Crippen LogP contribution in [0.5, 0.6) is 5.75 Å². The topological polar surface area (TPSA) is 46.2 Å². The predicted octanol–water partition coefficient (Wildman–Crippen LogP) is 2.41. The second kappa shape index (κ2) is 5.59. The molecule has 4 nitrogen and oxygen atoms in total. The number of fused-ring (bicyclic) bond motifs is 1. The Morgan fingerprint density at radius 3 is 3.21 bits per heavy atom. The summed E-state index contributed by atoms with van der Waals surface area (Å²) in [6.45, 7) is 4.55. The number of rotatable bonds is 4. The standard InChI is InChI=1S/C14H17N3OS/c1-10-16-9-12(19-10)8-15-6-11-7-17-13-4-2-3-5-14(13)18-11/h2-5,9,11,15,17H,6-8H2,1H3. The maximum absolute atomic E-state index is 5.94. The second-order valence-electron chi connectivity index (χ2n) is 4.59. The lowest BCUT2D eigenvalue weighted by Gasteiger charge is -2.27. The normalized spacial score (nSPS) is 17.4. The van der Waals surface area contributed by atoms with Gasteiger partial charge >= 0.3 is 0 Å². The van der Waals surface area contributed by atoms with Crippen molar-refractivity contribution in [1.29, 1.82) is 0 Å². The summed E-state index contributed by atoms with van der Waals surface area (Å²) in [6, 6.07) is 8.05. The Labute approximate surface area is 116 Å². The number of nitrogens with one attached hydrogen (secondary N) is 2. The number of nitrogens with zero attached hydrogens (tertiary/aromatic N) is 1. The average Bonchev–Trinajstić information content (AvgIpc) is 2.84. The molecular formula is C14H17N3OS. The van der Waals surface area contributed by atoms with E-state index in [0.29, 0.717) is 0 Å².